The SMILES string of the molecule is O=c1[nH]c2cnc(Cl)cc2c(NC2CN3CCC2CC3)c1-c1nc2ccccc2[nH]1. The quantitative estimate of drug-likeness (QED) is 0.440. The molecule has 6 heterocycles. The van der Waals surface area contributed by atoms with Crippen LogP contribution in [0.15, 0.2) is 41.3 Å². The van der Waals surface area contributed by atoms with Crippen molar-refractivity contribution in [2.24, 2.45) is 5.92 Å². The lowest BCUT2D eigenvalue weighted by atomic mass is 9.83. The van der Waals surface area contributed by atoms with E-state index in [0.29, 0.717) is 28.0 Å². The van der Waals surface area contributed by atoms with E-state index in [0.717, 1.165) is 41.7 Å². The summed E-state index contributed by atoms with van der Waals surface area (Å²) < 4.78 is 0. The second-order valence-corrected chi connectivity index (χ2v) is 8.64. The molecular weight excluding hydrogens is 400 g/mol. The molecule has 2 bridgehead atoms. The van der Waals surface area contributed by atoms with E-state index in [1.165, 1.54) is 12.8 Å². The Morgan fingerprint density at radius 1 is 1.13 bits per heavy atom. The lowest BCUT2D eigenvalue weighted by Crippen LogP contribution is -2.53. The summed E-state index contributed by atoms with van der Waals surface area (Å²) in [4.78, 5) is 30.8. The van der Waals surface area contributed by atoms with Crippen LogP contribution in [0.4, 0.5) is 5.69 Å². The maximum absolute atomic E-state index is 13.2. The third kappa shape index (κ3) is 2.88. The third-order valence-corrected chi connectivity index (χ3v) is 6.68. The summed E-state index contributed by atoms with van der Waals surface area (Å²) in [6.07, 6.45) is 3.98. The van der Waals surface area contributed by atoms with Crippen molar-refractivity contribution in [2.75, 3.05) is 25.0 Å². The Bertz CT molecular complexity index is 1290. The lowest BCUT2D eigenvalue weighted by Gasteiger charge is -2.45. The van der Waals surface area contributed by atoms with Gasteiger partial charge in [-0.3, -0.25) is 4.79 Å². The molecule has 8 heteroatoms. The van der Waals surface area contributed by atoms with E-state index in [-0.39, 0.29) is 11.6 Å². The minimum absolute atomic E-state index is 0.200. The van der Waals surface area contributed by atoms with Crippen molar-refractivity contribution in [1.82, 2.24) is 24.8 Å². The summed E-state index contributed by atoms with van der Waals surface area (Å²) in [5, 5.41) is 4.97. The molecule has 3 saturated heterocycles. The fourth-order valence-electron chi connectivity index (χ4n) is 4.93. The van der Waals surface area contributed by atoms with Gasteiger partial charge in [0.05, 0.1) is 28.4 Å². The molecule has 3 fully saturated rings. The van der Waals surface area contributed by atoms with Gasteiger partial charge in [-0.1, -0.05) is 23.7 Å². The Labute approximate surface area is 177 Å². The highest BCUT2D eigenvalue weighted by molar-refractivity contribution is 6.30. The molecule has 152 valence electrons. The number of pyridine rings is 2. The van der Waals surface area contributed by atoms with Gasteiger partial charge in [0, 0.05) is 18.0 Å². The molecule has 3 aromatic heterocycles. The van der Waals surface area contributed by atoms with Crippen LogP contribution in [0, 0.1) is 5.92 Å². The molecule has 0 amide bonds. The second-order valence-electron chi connectivity index (χ2n) is 8.25. The molecule has 3 N–H and O–H groups in total. The van der Waals surface area contributed by atoms with Crippen LogP contribution in [-0.2, 0) is 0 Å². The smallest absolute Gasteiger partial charge is 0.261 e. The number of rotatable bonds is 3. The number of imidazole rings is 1. The highest BCUT2D eigenvalue weighted by Gasteiger charge is 2.35. The first kappa shape index (κ1) is 17.9. The van der Waals surface area contributed by atoms with Crippen molar-refractivity contribution in [3.63, 3.8) is 0 Å². The van der Waals surface area contributed by atoms with Crippen molar-refractivity contribution >= 4 is 39.2 Å². The predicted octanol–water partition coefficient (Wildman–Crippen LogP) is 3.63. The molecule has 0 radical (unpaired) electrons. The van der Waals surface area contributed by atoms with E-state index in [1.54, 1.807) is 6.20 Å². The van der Waals surface area contributed by atoms with Gasteiger partial charge in [0.15, 0.2) is 0 Å². The first-order chi connectivity index (χ1) is 14.7. The molecule has 1 unspecified atom stereocenters. The largest absolute Gasteiger partial charge is 0.379 e. The van der Waals surface area contributed by atoms with E-state index in [1.807, 2.05) is 30.3 Å². The van der Waals surface area contributed by atoms with E-state index in [9.17, 15) is 4.79 Å². The second kappa shape index (κ2) is 6.82. The zero-order valence-corrected chi connectivity index (χ0v) is 17.0. The van der Waals surface area contributed by atoms with Crippen molar-refractivity contribution in [3.8, 4) is 11.4 Å². The number of aromatic nitrogens is 4. The number of aromatic amines is 2. The number of para-hydroxylation sites is 2. The molecule has 3 aliphatic heterocycles. The molecule has 7 rings (SSSR count). The van der Waals surface area contributed by atoms with Gasteiger partial charge < -0.3 is 20.2 Å². The van der Waals surface area contributed by atoms with E-state index in [4.69, 9.17) is 16.6 Å². The van der Waals surface area contributed by atoms with Gasteiger partial charge in [0.25, 0.3) is 5.56 Å². The van der Waals surface area contributed by atoms with Crippen LogP contribution in [0.25, 0.3) is 33.3 Å². The highest BCUT2D eigenvalue weighted by Crippen LogP contribution is 2.36. The standard InChI is InChI=1S/C22H21ClN6O/c23-18-9-13-16(10-24-18)28-22(30)19(21-26-14-3-1-2-4-15(14)27-21)20(13)25-17-11-29-7-5-12(17)6-8-29/h1-4,9-10,12,17H,5-8,11H2,(H,26,27)(H2,25,28,30). The van der Waals surface area contributed by atoms with E-state index < -0.39 is 0 Å². The van der Waals surface area contributed by atoms with E-state index >= 15 is 0 Å². The number of benzene rings is 1. The molecule has 3 aliphatic rings. The summed E-state index contributed by atoms with van der Waals surface area (Å²) in [6.45, 7) is 3.30. The molecule has 0 saturated carbocycles. The van der Waals surface area contributed by atoms with Gasteiger partial charge in [0.2, 0.25) is 0 Å². The number of fused-ring (bicyclic) bond motifs is 5. The monoisotopic (exact) mass is 420 g/mol. The normalized spacial score (nSPS) is 23.3. The van der Waals surface area contributed by atoms with Crippen molar-refractivity contribution < 1.29 is 0 Å². The third-order valence-electron chi connectivity index (χ3n) is 6.48. The lowest BCUT2D eigenvalue weighted by molar-refractivity contribution is 0.0976. The minimum atomic E-state index is -0.200. The molecule has 0 spiro atoms. The van der Waals surface area contributed by atoms with Gasteiger partial charge in [-0.15, -0.1) is 0 Å². The predicted molar refractivity (Wildman–Crippen MR) is 119 cm³/mol. The summed E-state index contributed by atoms with van der Waals surface area (Å²) in [7, 11) is 0. The maximum Gasteiger partial charge on any atom is 0.261 e. The molecular formula is C22H21ClN6O. The van der Waals surface area contributed by atoms with Crippen LogP contribution >= 0.6 is 11.6 Å². The number of H-pyrrole nitrogens is 2. The van der Waals surface area contributed by atoms with Crippen LogP contribution in [0.2, 0.25) is 5.15 Å². The number of nitrogens with one attached hydrogen (secondary N) is 3. The Morgan fingerprint density at radius 3 is 2.73 bits per heavy atom. The molecule has 1 atom stereocenters. The summed E-state index contributed by atoms with van der Waals surface area (Å²) in [6, 6.07) is 9.88. The number of nitrogens with zero attached hydrogens (tertiary/aromatic N) is 3. The van der Waals surface area contributed by atoms with Gasteiger partial charge in [0.1, 0.15) is 16.5 Å². The van der Waals surface area contributed by atoms with Gasteiger partial charge in [-0.25, -0.2) is 9.97 Å². The maximum atomic E-state index is 13.2. The Morgan fingerprint density at radius 2 is 1.97 bits per heavy atom. The average Bonchev–Trinajstić information content (AvgIpc) is 3.19. The minimum Gasteiger partial charge on any atom is -0.379 e. The topological polar surface area (TPSA) is 89.7 Å². The van der Waals surface area contributed by atoms with Crippen LogP contribution in [0.3, 0.4) is 0 Å². The first-order valence-corrected chi connectivity index (χ1v) is 10.7. The molecule has 30 heavy (non-hydrogen) atoms. The molecule has 0 aliphatic carbocycles. The summed E-state index contributed by atoms with van der Waals surface area (Å²) in [5.74, 6) is 1.15. The van der Waals surface area contributed by atoms with Crippen LogP contribution in [-0.4, -0.2) is 50.5 Å². The van der Waals surface area contributed by atoms with Crippen LogP contribution in [0.5, 0.6) is 0 Å². The average molecular weight is 421 g/mol. The highest BCUT2D eigenvalue weighted by atomic mass is 35.5. The zero-order chi connectivity index (χ0) is 20.2. The number of anilines is 1. The fraction of sp³-hybridized carbons (Fsp3) is 0.318. The molecule has 1 aromatic carbocycles. The van der Waals surface area contributed by atoms with Crippen molar-refractivity contribution in [3.05, 3.63) is 52.0 Å². The first-order valence-electron chi connectivity index (χ1n) is 10.3. The zero-order valence-electron chi connectivity index (χ0n) is 16.3. The molecule has 4 aromatic rings. The van der Waals surface area contributed by atoms with Gasteiger partial charge in [-0.05, 0) is 50.0 Å². The van der Waals surface area contributed by atoms with Crippen molar-refractivity contribution in [2.45, 2.75) is 18.9 Å². The van der Waals surface area contributed by atoms with Crippen LogP contribution in [0.1, 0.15) is 12.8 Å². The van der Waals surface area contributed by atoms with Crippen LogP contribution < -0.4 is 10.9 Å². The van der Waals surface area contributed by atoms with Gasteiger partial charge in [-0.2, -0.15) is 0 Å². The number of hydrogen-bond donors (Lipinski definition) is 3. The van der Waals surface area contributed by atoms with E-state index in [2.05, 4.69) is 25.2 Å². The Kier molecular flexibility index (Phi) is 4.07. The Hall–Kier alpha value is -2.90. The fourth-order valence-corrected chi connectivity index (χ4v) is 5.09. The summed E-state index contributed by atoms with van der Waals surface area (Å²) in [5.41, 5.74) is 3.47. The molecule has 7 nitrogen and oxygen atoms in total. The number of halogens is 1. The Balaban J connectivity index is 1.56. The number of piperidine rings is 3. The number of hydrogen-bond acceptors (Lipinski definition) is 5. The summed E-state index contributed by atoms with van der Waals surface area (Å²) >= 11 is 6.24. The van der Waals surface area contributed by atoms with Crippen molar-refractivity contribution in [1.29, 1.82) is 0 Å². The van der Waals surface area contributed by atoms with Gasteiger partial charge >= 0.3 is 0 Å².